The Balaban J connectivity index is 1.58. The maximum Gasteiger partial charge on any atom is 0.224 e. The molecule has 1 aliphatic rings. The molecule has 3 nitrogen and oxygen atoms in total. The van der Waals surface area contributed by atoms with Crippen LogP contribution in [0.1, 0.15) is 23.1 Å². The van der Waals surface area contributed by atoms with Crippen molar-refractivity contribution < 1.29 is 4.79 Å². The van der Waals surface area contributed by atoms with E-state index in [0.717, 1.165) is 29.5 Å². The van der Waals surface area contributed by atoms with Crippen molar-refractivity contribution in [3.63, 3.8) is 0 Å². The molecule has 1 aliphatic heterocycles. The molecule has 0 aromatic heterocycles. The second kappa shape index (κ2) is 7.39. The molecule has 1 N–H and O–H groups in total. The second-order valence-corrected chi connectivity index (χ2v) is 7.41. The van der Waals surface area contributed by atoms with E-state index in [0.29, 0.717) is 6.42 Å². The predicted octanol–water partition coefficient (Wildman–Crippen LogP) is 4.00. The molecule has 1 heterocycles. The van der Waals surface area contributed by atoms with E-state index in [4.69, 9.17) is 0 Å². The highest BCUT2D eigenvalue weighted by Gasteiger charge is 2.25. The largest absolute Gasteiger partial charge is 0.368 e. The summed E-state index contributed by atoms with van der Waals surface area (Å²) in [6, 6.07) is 14.7. The number of carbonyl (C=O) groups excluding carboxylic acids is 1. The first-order valence-electron chi connectivity index (χ1n) is 8.38. The van der Waals surface area contributed by atoms with Gasteiger partial charge in [0.25, 0.3) is 0 Å². The fourth-order valence-electron chi connectivity index (χ4n) is 3.25. The molecule has 1 unspecified atom stereocenters. The third-order valence-corrected chi connectivity index (χ3v) is 5.27. The summed E-state index contributed by atoms with van der Waals surface area (Å²) < 4.78 is 1.10. The van der Waals surface area contributed by atoms with Crippen LogP contribution >= 0.6 is 15.9 Å². The Morgan fingerprint density at radius 2 is 2.04 bits per heavy atom. The number of benzene rings is 2. The van der Waals surface area contributed by atoms with Gasteiger partial charge in [-0.15, -0.1) is 0 Å². The minimum Gasteiger partial charge on any atom is -0.368 e. The molecule has 0 aliphatic carbocycles. The maximum absolute atomic E-state index is 12.4. The van der Waals surface area contributed by atoms with E-state index in [9.17, 15) is 4.79 Å². The highest BCUT2D eigenvalue weighted by molar-refractivity contribution is 9.10. The maximum atomic E-state index is 12.4. The molecule has 0 radical (unpaired) electrons. The summed E-state index contributed by atoms with van der Waals surface area (Å²) in [7, 11) is 0. The van der Waals surface area contributed by atoms with Gasteiger partial charge in [0.15, 0.2) is 0 Å². The van der Waals surface area contributed by atoms with Gasteiger partial charge in [-0.1, -0.05) is 35.9 Å². The Hall–Kier alpha value is -1.81. The minimum atomic E-state index is 0.114. The fourth-order valence-corrected chi connectivity index (χ4v) is 3.78. The van der Waals surface area contributed by atoms with Gasteiger partial charge in [-0.25, -0.2) is 0 Å². The third-order valence-electron chi connectivity index (χ3n) is 4.60. The molecule has 24 heavy (non-hydrogen) atoms. The Kier molecular flexibility index (Phi) is 5.24. The zero-order chi connectivity index (χ0) is 17.1. The molecular formula is C20H23BrN2O. The lowest BCUT2D eigenvalue weighted by Crippen LogP contribution is -2.38. The van der Waals surface area contributed by atoms with Crippen LogP contribution < -0.4 is 10.2 Å². The fraction of sp³-hybridized carbons (Fsp3) is 0.350. The highest BCUT2D eigenvalue weighted by atomic mass is 79.9. The van der Waals surface area contributed by atoms with Gasteiger partial charge in [0.1, 0.15) is 0 Å². The first kappa shape index (κ1) is 17.0. The number of hydrogen-bond donors (Lipinski definition) is 1. The van der Waals surface area contributed by atoms with E-state index < -0.39 is 0 Å². The van der Waals surface area contributed by atoms with Gasteiger partial charge in [0.05, 0.1) is 12.1 Å². The van der Waals surface area contributed by atoms with E-state index in [-0.39, 0.29) is 11.9 Å². The van der Waals surface area contributed by atoms with E-state index in [2.05, 4.69) is 70.3 Å². The van der Waals surface area contributed by atoms with Crippen molar-refractivity contribution in [2.45, 2.75) is 32.7 Å². The molecule has 0 bridgehead atoms. The normalized spacial score (nSPS) is 17.1. The van der Waals surface area contributed by atoms with Gasteiger partial charge in [0, 0.05) is 23.6 Å². The van der Waals surface area contributed by atoms with Crippen molar-refractivity contribution in [3.05, 3.63) is 63.6 Å². The number of nitrogens with zero attached hydrogens (tertiary/aromatic N) is 1. The summed E-state index contributed by atoms with van der Waals surface area (Å²) in [6.45, 7) is 5.96. The lowest BCUT2D eigenvalue weighted by molar-refractivity contribution is -0.121. The van der Waals surface area contributed by atoms with Crippen molar-refractivity contribution in [2.24, 2.45) is 0 Å². The monoisotopic (exact) mass is 386 g/mol. The van der Waals surface area contributed by atoms with Crippen LogP contribution in [0.4, 0.5) is 5.69 Å². The van der Waals surface area contributed by atoms with Crippen LogP contribution in [-0.4, -0.2) is 25.0 Å². The Labute approximate surface area is 152 Å². The lowest BCUT2D eigenvalue weighted by Gasteiger charge is -2.20. The minimum absolute atomic E-state index is 0.114. The molecule has 1 saturated heterocycles. The quantitative estimate of drug-likeness (QED) is 0.860. The standard InChI is InChI=1S/C20H23BrN2O/c1-14-7-8-15(2)16(11-14)12-20(24)22-17-9-10-23(13-17)19-6-4-3-5-18(19)21/h3-8,11,17H,9-10,12-13H2,1-2H3,(H,22,24). The number of halogens is 1. The number of nitrogens with one attached hydrogen (secondary N) is 1. The molecule has 2 aromatic rings. The molecule has 1 atom stereocenters. The van der Waals surface area contributed by atoms with Crippen molar-refractivity contribution in [1.82, 2.24) is 5.32 Å². The molecule has 1 amide bonds. The van der Waals surface area contributed by atoms with Gasteiger partial charge in [0.2, 0.25) is 5.91 Å². The summed E-state index contributed by atoms with van der Waals surface area (Å²) in [6.07, 6.45) is 1.44. The molecule has 1 fully saturated rings. The number of aryl methyl sites for hydroxylation is 2. The molecule has 126 valence electrons. The van der Waals surface area contributed by atoms with Gasteiger partial charge in [-0.2, -0.15) is 0 Å². The highest BCUT2D eigenvalue weighted by Crippen LogP contribution is 2.28. The molecule has 3 rings (SSSR count). The average molecular weight is 387 g/mol. The van der Waals surface area contributed by atoms with Crippen molar-refractivity contribution in [3.8, 4) is 0 Å². The van der Waals surface area contributed by atoms with Crippen molar-refractivity contribution in [1.29, 1.82) is 0 Å². The molecular weight excluding hydrogens is 364 g/mol. The first-order valence-corrected chi connectivity index (χ1v) is 9.17. The second-order valence-electron chi connectivity index (χ2n) is 6.56. The van der Waals surface area contributed by atoms with Crippen LogP contribution in [0.3, 0.4) is 0 Å². The third kappa shape index (κ3) is 3.99. The Bertz CT molecular complexity index is 744. The van der Waals surface area contributed by atoms with Crippen LogP contribution in [0.2, 0.25) is 0 Å². The molecule has 0 saturated carbocycles. The lowest BCUT2D eigenvalue weighted by atomic mass is 10.0. The number of anilines is 1. The van der Waals surface area contributed by atoms with Crippen LogP contribution in [0.5, 0.6) is 0 Å². The van der Waals surface area contributed by atoms with E-state index >= 15 is 0 Å². The number of hydrogen-bond acceptors (Lipinski definition) is 2. The number of rotatable bonds is 4. The molecule has 2 aromatic carbocycles. The van der Waals surface area contributed by atoms with Crippen LogP contribution in [0, 0.1) is 13.8 Å². The average Bonchev–Trinajstić information content (AvgIpc) is 2.99. The summed E-state index contributed by atoms with van der Waals surface area (Å²) in [5.41, 5.74) is 4.69. The van der Waals surface area contributed by atoms with Crippen molar-refractivity contribution in [2.75, 3.05) is 18.0 Å². The zero-order valence-corrected chi connectivity index (χ0v) is 15.8. The van der Waals surface area contributed by atoms with Crippen LogP contribution in [0.25, 0.3) is 0 Å². The van der Waals surface area contributed by atoms with Crippen LogP contribution in [0.15, 0.2) is 46.9 Å². The summed E-state index contributed by atoms with van der Waals surface area (Å²) in [5, 5.41) is 3.20. The van der Waals surface area contributed by atoms with E-state index in [1.807, 2.05) is 12.1 Å². The molecule has 0 spiro atoms. The first-order chi connectivity index (χ1) is 11.5. The smallest absolute Gasteiger partial charge is 0.224 e. The summed E-state index contributed by atoms with van der Waals surface area (Å²) in [5.74, 6) is 0.114. The topological polar surface area (TPSA) is 32.3 Å². The van der Waals surface area contributed by atoms with Gasteiger partial charge in [-0.3, -0.25) is 4.79 Å². The predicted molar refractivity (Wildman–Crippen MR) is 103 cm³/mol. The zero-order valence-electron chi connectivity index (χ0n) is 14.2. The van der Waals surface area contributed by atoms with Gasteiger partial charge >= 0.3 is 0 Å². The summed E-state index contributed by atoms with van der Waals surface area (Å²) in [4.78, 5) is 14.7. The molecule has 4 heteroatoms. The van der Waals surface area contributed by atoms with Gasteiger partial charge in [-0.05, 0) is 59.5 Å². The number of para-hydroxylation sites is 1. The Morgan fingerprint density at radius 3 is 2.83 bits per heavy atom. The number of carbonyl (C=O) groups is 1. The number of amides is 1. The van der Waals surface area contributed by atoms with E-state index in [1.165, 1.54) is 16.8 Å². The summed E-state index contributed by atoms with van der Waals surface area (Å²) >= 11 is 3.61. The van der Waals surface area contributed by atoms with Crippen molar-refractivity contribution >= 4 is 27.5 Å². The SMILES string of the molecule is Cc1ccc(C)c(CC(=O)NC2CCN(c3ccccc3Br)C2)c1. The van der Waals surface area contributed by atoms with Crippen LogP contribution in [-0.2, 0) is 11.2 Å². The van der Waals surface area contributed by atoms with Gasteiger partial charge < -0.3 is 10.2 Å². The van der Waals surface area contributed by atoms with E-state index in [1.54, 1.807) is 0 Å². The Morgan fingerprint density at radius 1 is 1.25 bits per heavy atom.